The number of nitrogens with one attached hydrogen (secondary N) is 1. The van der Waals surface area contributed by atoms with Crippen LogP contribution in [0, 0.1) is 11.2 Å². The smallest absolute Gasteiger partial charge is 0.319 e. The largest absolute Gasteiger partial charge is 0.482 e. The van der Waals surface area contributed by atoms with Crippen LogP contribution in [-0.4, -0.2) is 30.0 Å². The summed E-state index contributed by atoms with van der Waals surface area (Å²) in [5, 5.41) is 2.66. The fraction of sp³-hybridized carbons (Fsp3) is 0.375. The van der Waals surface area contributed by atoms with Crippen molar-refractivity contribution in [2.75, 3.05) is 18.6 Å². The normalized spacial score (nSPS) is 20.0. The third-order valence-electron chi connectivity index (χ3n) is 3.91. The Morgan fingerprint density at radius 1 is 1.50 bits per heavy atom. The minimum atomic E-state index is -0.403. The van der Waals surface area contributed by atoms with Gasteiger partial charge in [0, 0.05) is 11.1 Å². The number of halogens is 1. The second kappa shape index (κ2) is 5.53. The number of hydrogen-bond acceptors (Lipinski definition) is 3. The van der Waals surface area contributed by atoms with E-state index in [1.807, 2.05) is 0 Å². The van der Waals surface area contributed by atoms with Gasteiger partial charge in [0.15, 0.2) is 0 Å². The number of carbonyl (C=O) groups is 1. The number of amides is 1. The van der Waals surface area contributed by atoms with Gasteiger partial charge >= 0.3 is 5.70 Å². The monoisotopic (exact) mass is 304 g/mol. The molecular weight excluding hydrogens is 285 g/mol. The van der Waals surface area contributed by atoms with Crippen molar-refractivity contribution in [3.63, 3.8) is 0 Å². The number of anilines is 1. The highest BCUT2D eigenvalue weighted by molar-refractivity contribution is 6.06. The second-order valence-corrected chi connectivity index (χ2v) is 6.06. The van der Waals surface area contributed by atoms with E-state index < -0.39 is 11.7 Å². The molecule has 0 aromatic heterocycles. The summed E-state index contributed by atoms with van der Waals surface area (Å²) in [6, 6.07) is 5.76. The van der Waals surface area contributed by atoms with Gasteiger partial charge in [-0.15, -0.1) is 0 Å². The van der Waals surface area contributed by atoms with E-state index >= 15 is 0 Å². The van der Waals surface area contributed by atoms with Gasteiger partial charge in [0.25, 0.3) is 11.7 Å². The summed E-state index contributed by atoms with van der Waals surface area (Å²) in [5.41, 5.74) is 6.79. The van der Waals surface area contributed by atoms with Crippen LogP contribution in [0.15, 0.2) is 35.7 Å². The Labute approximate surface area is 128 Å². The number of hydrogen-bond donors (Lipinski definition) is 2. The molecule has 116 valence electrons. The molecular formula is C16H19FN3O2+. The van der Waals surface area contributed by atoms with E-state index in [2.05, 4.69) is 12.2 Å². The second-order valence-electron chi connectivity index (χ2n) is 6.06. The van der Waals surface area contributed by atoms with Crippen LogP contribution in [0.3, 0.4) is 0 Å². The van der Waals surface area contributed by atoms with Crippen molar-refractivity contribution < 1.29 is 18.5 Å². The summed E-state index contributed by atoms with van der Waals surface area (Å²) in [6.45, 7) is 2.92. The van der Waals surface area contributed by atoms with Crippen LogP contribution in [0.4, 0.5) is 10.1 Å². The van der Waals surface area contributed by atoms with E-state index in [-0.39, 0.29) is 11.2 Å². The molecule has 0 spiro atoms. The van der Waals surface area contributed by atoms with Crippen molar-refractivity contribution in [3.05, 3.63) is 41.5 Å². The number of rotatable bonds is 6. The maximum absolute atomic E-state index is 13.2. The molecule has 1 aliphatic heterocycles. The average molecular weight is 304 g/mol. The van der Waals surface area contributed by atoms with Gasteiger partial charge in [-0.25, -0.2) is 4.39 Å². The zero-order chi connectivity index (χ0) is 15.7. The van der Waals surface area contributed by atoms with Gasteiger partial charge in [0.05, 0.1) is 6.61 Å². The molecule has 1 fully saturated rings. The quantitative estimate of drug-likeness (QED) is 0.478. The van der Waals surface area contributed by atoms with Crippen LogP contribution in [0.25, 0.3) is 0 Å². The van der Waals surface area contributed by atoms with Crippen molar-refractivity contribution in [1.82, 2.24) is 0 Å². The Hall–Kier alpha value is -2.21. The molecule has 22 heavy (non-hydrogen) atoms. The molecule has 6 heteroatoms. The summed E-state index contributed by atoms with van der Waals surface area (Å²) in [4.78, 5) is 12.4. The standard InChI is InChI=1S/C16H18FN3O2/c1-16(5-6-16)9-22-14(13-8-20(13)10-18)15(21)19-12-4-2-3-11(17)7-12/h2-4,7-8H,5-6,9-10,18H2,1H3/p+1/b14-13-. The molecule has 1 aromatic carbocycles. The first-order chi connectivity index (χ1) is 10.5. The van der Waals surface area contributed by atoms with Gasteiger partial charge in [-0.2, -0.15) is 4.58 Å². The summed E-state index contributed by atoms with van der Waals surface area (Å²) < 4.78 is 20.7. The lowest BCUT2D eigenvalue weighted by Crippen LogP contribution is -2.21. The molecule has 0 bridgehead atoms. The van der Waals surface area contributed by atoms with Crippen LogP contribution in [-0.2, 0) is 9.53 Å². The van der Waals surface area contributed by atoms with Crippen LogP contribution in [0.1, 0.15) is 19.8 Å². The van der Waals surface area contributed by atoms with Crippen LogP contribution in [0.2, 0.25) is 0 Å². The van der Waals surface area contributed by atoms with Crippen molar-refractivity contribution in [1.29, 1.82) is 0 Å². The van der Waals surface area contributed by atoms with Crippen molar-refractivity contribution >= 4 is 17.8 Å². The SMILES string of the molecule is CC1(CO/C(C(=O)Nc2cccc(F)c2)=C2C=[N+]/2CN)CC1. The molecule has 1 heterocycles. The minimum Gasteiger partial charge on any atom is -0.482 e. The Balaban J connectivity index is 1.71. The van der Waals surface area contributed by atoms with E-state index in [9.17, 15) is 9.18 Å². The van der Waals surface area contributed by atoms with Crippen molar-refractivity contribution in [2.45, 2.75) is 19.8 Å². The van der Waals surface area contributed by atoms with Crippen LogP contribution >= 0.6 is 0 Å². The number of nitrogens with zero attached hydrogens (tertiary/aromatic N) is 1. The molecule has 0 radical (unpaired) electrons. The average Bonchev–Trinajstić information content (AvgIpc) is 3.37. The van der Waals surface area contributed by atoms with Crippen molar-refractivity contribution in [3.8, 4) is 0 Å². The highest BCUT2D eigenvalue weighted by Crippen LogP contribution is 2.45. The third-order valence-corrected chi connectivity index (χ3v) is 3.91. The molecule has 0 saturated heterocycles. The molecule has 2 aliphatic rings. The van der Waals surface area contributed by atoms with E-state index in [4.69, 9.17) is 10.5 Å². The summed E-state index contributed by atoms with van der Waals surface area (Å²) >= 11 is 0. The van der Waals surface area contributed by atoms with Gasteiger partial charge in [0.1, 0.15) is 5.82 Å². The first kappa shape index (κ1) is 14.7. The van der Waals surface area contributed by atoms with E-state index in [1.54, 1.807) is 22.9 Å². The molecule has 1 aliphatic carbocycles. The van der Waals surface area contributed by atoms with Crippen LogP contribution < -0.4 is 11.1 Å². The molecule has 5 nitrogen and oxygen atoms in total. The van der Waals surface area contributed by atoms with E-state index in [0.717, 1.165) is 12.8 Å². The Kier molecular flexibility index (Phi) is 3.70. The number of benzene rings is 1. The molecule has 0 unspecified atom stereocenters. The maximum atomic E-state index is 13.2. The summed E-state index contributed by atoms with van der Waals surface area (Å²) in [7, 11) is 0. The number of nitrogens with two attached hydrogens (primary N) is 1. The fourth-order valence-electron chi connectivity index (χ4n) is 2.07. The number of carbonyl (C=O) groups excluding carboxylic acids is 1. The Morgan fingerprint density at radius 2 is 2.27 bits per heavy atom. The Morgan fingerprint density at radius 3 is 2.86 bits per heavy atom. The lowest BCUT2D eigenvalue weighted by Gasteiger charge is -2.12. The zero-order valence-corrected chi connectivity index (χ0v) is 12.4. The van der Waals surface area contributed by atoms with E-state index in [0.29, 0.717) is 24.7 Å². The first-order valence-electron chi connectivity index (χ1n) is 7.26. The van der Waals surface area contributed by atoms with Gasteiger partial charge < -0.3 is 10.1 Å². The lowest BCUT2D eigenvalue weighted by atomic mass is 10.2. The van der Waals surface area contributed by atoms with Gasteiger partial charge in [-0.3, -0.25) is 10.5 Å². The predicted molar refractivity (Wildman–Crippen MR) is 80.7 cm³/mol. The lowest BCUT2D eigenvalue weighted by molar-refractivity contribution is -0.404. The van der Waals surface area contributed by atoms with Gasteiger partial charge in [-0.05, 0) is 31.0 Å². The third kappa shape index (κ3) is 3.33. The summed E-state index contributed by atoms with van der Waals surface area (Å²) in [6.07, 6.45) is 3.96. The predicted octanol–water partition coefficient (Wildman–Crippen LogP) is 1.81. The molecule has 0 atom stereocenters. The highest BCUT2D eigenvalue weighted by atomic mass is 19.1. The first-order valence-corrected chi connectivity index (χ1v) is 7.26. The molecule has 1 aromatic rings. The number of ether oxygens (including phenoxy) is 1. The molecule has 1 saturated carbocycles. The Bertz CT molecular complexity index is 678. The fourth-order valence-corrected chi connectivity index (χ4v) is 2.07. The molecule has 3 rings (SSSR count). The minimum absolute atomic E-state index is 0.160. The number of allylic oxidation sites excluding steroid dienone is 1. The topological polar surface area (TPSA) is 67.4 Å². The summed E-state index contributed by atoms with van der Waals surface area (Å²) in [5.74, 6) is -0.556. The van der Waals surface area contributed by atoms with E-state index in [1.165, 1.54) is 12.1 Å². The highest BCUT2D eigenvalue weighted by Gasteiger charge is 2.42. The zero-order valence-electron chi connectivity index (χ0n) is 12.4. The van der Waals surface area contributed by atoms with Gasteiger partial charge in [-0.1, -0.05) is 13.0 Å². The van der Waals surface area contributed by atoms with Gasteiger partial charge in [0.2, 0.25) is 12.9 Å². The molecule has 1 amide bonds. The van der Waals surface area contributed by atoms with Crippen LogP contribution in [0.5, 0.6) is 0 Å². The molecule has 3 N–H and O–H groups in total. The van der Waals surface area contributed by atoms with Crippen molar-refractivity contribution in [2.24, 2.45) is 11.1 Å². The maximum Gasteiger partial charge on any atom is 0.319 e.